The summed E-state index contributed by atoms with van der Waals surface area (Å²) in [6.07, 6.45) is 6.79. The average Bonchev–Trinajstić information content (AvgIpc) is 2.04. The van der Waals surface area contributed by atoms with Gasteiger partial charge in [-0.15, -0.1) is 0 Å². The van der Waals surface area contributed by atoms with Gasteiger partial charge in [0.2, 0.25) is 0 Å². The maximum Gasteiger partial charge on any atom is 0.185 e. The monoisotopic (exact) mass is 168 g/mol. The largest absolute Gasteiger partial charge is 0.346 e. The number of hydrogen-bond acceptors (Lipinski definition) is 2. The van der Waals surface area contributed by atoms with E-state index >= 15 is 0 Å². The second-order valence-corrected chi connectivity index (χ2v) is 3.79. The van der Waals surface area contributed by atoms with E-state index in [0.29, 0.717) is 12.0 Å². The zero-order chi connectivity index (χ0) is 8.60. The zero-order valence-corrected chi connectivity index (χ0v) is 7.75. The van der Waals surface area contributed by atoms with Crippen LogP contribution in [0.4, 0.5) is 0 Å². The molecule has 2 heterocycles. The molecule has 0 unspecified atom stereocenters. The number of rotatable bonds is 1. The van der Waals surface area contributed by atoms with Gasteiger partial charge in [-0.1, -0.05) is 13.0 Å². The summed E-state index contributed by atoms with van der Waals surface area (Å²) in [4.78, 5) is 0. The van der Waals surface area contributed by atoms with Gasteiger partial charge >= 0.3 is 0 Å². The molecule has 68 valence electrons. The van der Waals surface area contributed by atoms with Crippen molar-refractivity contribution in [2.24, 2.45) is 5.92 Å². The van der Waals surface area contributed by atoms with Gasteiger partial charge in [-0.2, -0.15) is 0 Å². The van der Waals surface area contributed by atoms with Gasteiger partial charge in [-0.05, 0) is 25.8 Å². The Bertz CT molecular complexity index is 200. The Labute approximate surface area is 73.5 Å². The van der Waals surface area contributed by atoms with E-state index in [1.165, 1.54) is 0 Å². The normalized spacial score (nSPS) is 46.2. The van der Waals surface area contributed by atoms with Crippen molar-refractivity contribution in [2.75, 3.05) is 6.61 Å². The fraction of sp³-hybridized carbons (Fsp3) is 0.800. The summed E-state index contributed by atoms with van der Waals surface area (Å²) in [5.74, 6) is 0.164. The van der Waals surface area contributed by atoms with Gasteiger partial charge in [0, 0.05) is 5.92 Å². The topological polar surface area (TPSA) is 18.5 Å². The average molecular weight is 168 g/mol. The SMILES string of the molecule is CC[C@@H]1CO[C@@]2(C)C=CC[C@@H]1O2. The van der Waals surface area contributed by atoms with Gasteiger partial charge in [-0.25, -0.2) is 0 Å². The third kappa shape index (κ3) is 1.29. The van der Waals surface area contributed by atoms with Crippen LogP contribution in [0.15, 0.2) is 12.2 Å². The van der Waals surface area contributed by atoms with Crippen LogP contribution in [0.1, 0.15) is 26.7 Å². The lowest BCUT2D eigenvalue weighted by molar-refractivity contribution is -0.280. The molecule has 0 aromatic carbocycles. The van der Waals surface area contributed by atoms with Crippen molar-refractivity contribution < 1.29 is 9.47 Å². The third-order valence-electron chi connectivity index (χ3n) is 2.81. The van der Waals surface area contributed by atoms with Crippen LogP contribution in [-0.2, 0) is 9.47 Å². The van der Waals surface area contributed by atoms with E-state index in [1.54, 1.807) is 0 Å². The minimum Gasteiger partial charge on any atom is -0.346 e. The number of hydrogen-bond donors (Lipinski definition) is 0. The molecule has 2 aliphatic heterocycles. The fourth-order valence-corrected chi connectivity index (χ4v) is 1.94. The highest BCUT2D eigenvalue weighted by atomic mass is 16.7. The molecule has 2 aliphatic rings. The van der Waals surface area contributed by atoms with Crippen molar-refractivity contribution in [3.05, 3.63) is 12.2 Å². The first kappa shape index (κ1) is 8.27. The molecule has 0 spiro atoms. The predicted octanol–water partition coefficient (Wildman–Crippen LogP) is 2.10. The van der Waals surface area contributed by atoms with Gasteiger partial charge in [0.1, 0.15) is 0 Å². The summed E-state index contributed by atoms with van der Waals surface area (Å²) < 4.78 is 11.4. The highest BCUT2D eigenvalue weighted by Gasteiger charge is 2.38. The van der Waals surface area contributed by atoms with Gasteiger partial charge in [-0.3, -0.25) is 0 Å². The zero-order valence-electron chi connectivity index (χ0n) is 7.75. The molecule has 0 amide bonds. The van der Waals surface area contributed by atoms with Gasteiger partial charge in [0.15, 0.2) is 5.79 Å². The summed E-state index contributed by atoms with van der Waals surface area (Å²) >= 11 is 0. The second kappa shape index (κ2) is 2.86. The van der Waals surface area contributed by atoms with Gasteiger partial charge < -0.3 is 9.47 Å². The van der Waals surface area contributed by atoms with Crippen LogP contribution < -0.4 is 0 Å². The molecule has 2 nitrogen and oxygen atoms in total. The minimum absolute atomic E-state index is 0.388. The lowest BCUT2D eigenvalue weighted by atomic mass is 9.93. The van der Waals surface area contributed by atoms with Crippen LogP contribution in [-0.4, -0.2) is 18.5 Å². The second-order valence-electron chi connectivity index (χ2n) is 3.79. The quantitative estimate of drug-likeness (QED) is 0.558. The molecule has 2 bridgehead atoms. The summed E-state index contributed by atoms with van der Waals surface area (Å²) in [7, 11) is 0. The minimum atomic E-state index is -0.422. The first-order valence-corrected chi connectivity index (χ1v) is 4.73. The standard InChI is InChI=1S/C10H16O2/c1-3-8-7-11-10(2)6-4-5-9(8)12-10/h4,6,8-9H,3,5,7H2,1-2H3/t8-,9+,10-/m1/s1. The van der Waals surface area contributed by atoms with Crippen molar-refractivity contribution in [1.82, 2.24) is 0 Å². The van der Waals surface area contributed by atoms with Crippen molar-refractivity contribution in [3.8, 4) is 0 Å². The lowest BCUT2D eigenvalue weighted by Gasteiger charge is -2.43. The maximum atomic E-state index is 5.80. The maximum absolute atomic E-state index is 5.80. The van der Waals surface area contributed by atoms with Crippen LogP contribution in [0, 0.1) is 5.92 Å². The van der Waals surface area contributed by atoms with E-state index in [0.717, 1.165) is 19.4 Å². The summed E-state index contributed by atoms with van der Waals surface area (Å²) in [6, 6.07) is 0. The Balaban J connectivity index is 2.13. The first-order chi connectivity index (χ1) is 5.73. The van der Waals surface area contributed by atoms with Gasteiger partial charge in [0.05, 0.1) is 12.7 Å². The molecular weight excluding hydrogens is 152 g/mol. The fourth-order valence-electron chi connectivity index (χ4n) is 1.94. The molecule has 0 radical (unpaired) electrons. The Hall–Kier alpha value is -0.340. The molecule has 3 atom stereocenters. The van der Waals surface area contributed by atoms with E-state index in [4.69, 9.17) is 9.47 Å². The van der Waals surface area contributed by atoms with Crippen LogP contribution in [0.2, 0.25) is 0 Å². The molecule has 0 N–H and O–H groups in total. The Morgan fingerprint density at radius 1 is 1.58 bits per heavy atom. The number of fused-ring (bicyclic) bond motifs is 2. The highest BCUT2D eigenvalue weighted by Crippen LogP contribution is 2.34. The summed E-state index contributed by atoms with van der Waals surface area (Å²) in [5, 5.41) is 0. The molecule has 12 heavy (non-hydrogen) atoms. The molecule has 0 aromatic rings. The Kier molecular flexibility index (Phi) is 1.97. The molecule has 0 aliphatic carbocycles. The van der Waals surface area contributed by atoms with E-state index < -0.39 is 5.79 Å². The molecule has 1 fully saturated rings. The molecule has 1 saturated heterocycles. The van der Waals surface area contributed by atoms with Crippen molar-refractivity contribution in [3.63, 3.8) is 0 Å². The molecular formula is C10H16O2. The molecule has 0 saturated carbocycles. The predicted molar refractivity (Wildman–Crippen MR) is 46.8 cm³/mol. The van der Waals surface area contributed by atoms with Gasteiger partial charge in [0.25, 0.3) is 0 Å². The van der Waals surface area contributed by atoms with Crippen molar-refractivity contribution in [1.29, 1.82) is 0 Å². The van der Waals surface area contributed by atoms with E-state index in [1.807, 2.05) is 13.0 Å². The molecule has 0 aromatic heterocycles. The summed E-state index contributed by atoms with van der Waals surface area (Å²) in [5.41, 5.74) is 0. The van der Waals surface area contributed by atoms with Crippen LogP contribution in [0.3, 0.4) is 0 Å². The van der Waals surface area contributed by atoms with Crippen molar-refractivity contribution >= 4 is 0 Å². The Morgan fingerprint density at radius 3 is 3.17 bits per heavy atom. The van der Waals surface area contributed by atoms with Crippen LogP contribution >= 0.6 is 0 Å². The van der Waals surface area contributed by atoms with Crippen molar-refractivity contribution in [2.45, 2.75) is 38.6 Å². The van der Waals surface area contributed by atoms with E-state index in [2.05, 4.69) is 13.0 Å². The highest BCUT2D eigenvalue weighted by molar-refractivity contribution is 5.03. The van der Waals surface area contributed by atoms with Crippen LogP contribution in [0.25, 0.3) is 0 Å². The molecule has 2 heteroatoms. The van der Waals surface area contributed by atoms with Crippen LogP contribution in [0.5, 0.6) is 0 Å². The summed E-state index contributed by atoms with van der Waals surface area (Å²) in [6.45, 7) is 5.03. The van der Waals surface area contributed by atoms with E-state index in [-0.39, 0.29) is 0 Å². The lowest BCUT2D eigenvalue weighted by Crippen LogP contribution is -2.47. The third-order valence-corrected chi connectivity index (χ3v) is 2.81. The smallest absolute Gasteiger partial charge is 0.185 e. The Morgan fingerprint density at radius 2 is 2.42 bits per heavy atom. The number of ether oxygens (including phenoxy) is 2. The molecule has 2 rings (SSSR count). The first-order valence-electron chi connectivity index (χ1n) is 4.73. The van der Waals surface area contributed by atoms with E-state index in [9.17, 15) is 0 Å².